The molecule has 2 atom stereocenters. The maximum Gasteiger partial charge on any atom is 0.0721 e. The van der Waals surface area contributed by atoms with Crippen molar-refractivity contribution in [1.29, 1.82) is 0 Å². The van der Waals surface area contributed by atoms with Crippen molar-refractivity contribution in [2.24, 2.45) is 0 Å². The van der Waals surface area contributed by atoms with Gasteiger partial charge in [-0.05, 0) is 22.3 Å². The van der Waals surface area contributed by atoms with Gasteiger partial charge in [0.25, 0.3) is 0 Å². The zero-order valence-corrected chi connectivity index (χ0v) is 13.9. The predicted molar refractivity (Wildman–Crippen MR) is 92.4 cm³/mol. The summed E-state index contributed by atoms with van der Waals surface area (Å²) in [6.07, 6.45) is 0. The molecule has 2 N–H and O–H groups in total. The number of hydrogen-bond donors (Lipinski definition) is 2. The lowest BCUT2D eigenvalue weighted by atomic mass is 10.0. The zero-order valence-electron chi connectivity index (χ0n) is 13.9. The Morgan fingerprint density at radius 2 is 1.04 bits per heavy atom. The molecule has 0 amide bonds. The minimum atomic E-state index is 0.167. The summed E-state index contributed by atoms with van der Waals surface area (Å²) in [5, 5.41) is 18.3. The van der Waals surface area contributed by atoms with Crippen molar-refractivity contribution in [3.8, 4) is 0 Å². The number of hydrogen-bond acceptors (Lipinski definition) is 3. The van der Waals surface area contributed by atoms with Crippen LogP contribution in [0.2, 0.25) is 0 Å². The molecule has 0 saturated heterocycles. The van der Waals surface area contributed by atoms with Gasteiger partial charge in [0, 0.05) is 25.0 Å². The first-order valence-corrected chi connectivity index (χ1v) is 8.11. The average Bonchev–Trinajstić information content (AvgIpc) is 2.61. The van der Waals surface area contributed by atoms with Crippen LogP contribution in [-0.4, -0.2) is 23.4 Å². The largest absolute Gasteiger partial charge is 0.396 e. The zero-order chi connectivity index (χ0) is 16.7. The molecule has 23 heavy (non-hydrogen) atoms. The Hall–Kier alpha value is -1.68. The van der Waals surface area contributed by atoms with Gasteiger partial charge in [-0.1, -0.05) is 62.4 Å². The van der Waals surface area contributed by atoms with E-state index in [2.05, 4.69) is 0 Å². The third-order valence-electron chi connectivity index (χ3n) is 4.18. The second kappa shape index (κ2) is 8.82. The van der Waals surface area contributed by atoms with E-state index in [1.165, 1.54) is 0 Å². The Kier molecular flexibility index (Phi) is 6.78. The van der Waals surface area contributed by atoms with E-state index in [-0.39, 0.29) is 25.0 Å². The molecule has 0 heterocycles. The normalized spacial score (nSPS) is 13.7. The molecule has 3 heteroatoms. The number of aliphatic hydroxyl groups is 2. The standard InChI is InChI=1S/C20H26O3/c1-15(11-21)19-7-3-17(4-8-19)13-23-14-18-5-9-20(10-6-18)16(2)12-22/h3-10,15-16,21-22H,11-14H2,1-2H3. The Morgan fingerprint density at radius 3 is 1.35 bits per heavy atom. The lowest BCUT2D eigenvalue weighted by Crippen LogP contribution is -2.00. The van der Waals surface area contributed by atoms with Gasteiger partial charge in [0.1, 0.15) is 0 Å². The molecule has 0 radical (unpaired) electrons. The van der Waals surface area contributed by atoms with Crippen LogP contribution < -0.4 is 0 Å². The summed E-state index contributed by atoms with van der Waals surface area (Å²) in [5.41, 5.74) is 4.54. The highest BCUT2D eigenvalue weighted by molar-refractivity contribution is 5.26. The van der Waals surface area contributed by atoms with Crippen molar-refractivity contribution in [2.75, 3.05) is 13.2 Å². The molecule has 0 aliphatic rings. The van der Waals surface area contributed by atoms with Crippen LogP contribution in [0.15, 0.2) is 48.5 Å². The van der Waals surface area contributed by atoms with E-state index >= 15 is 0 Å². The third kappa shape index (κ3) is 5.17. The van der Waals surface area contributed by atoms with E-state index in [9.17, 15) is 0 Å². The first-order valence-electron chi connectivity index (χ1n) is 8.11. The summed E-state index contributed by atoms with van der Waals surface area (Å²) in [4.78, 5) is 0. The van der Waals surface area contributed by atoms with Crippen molar-refractivity contribution in [3.05, 3.63) is 70.8 Å². The maximum atomic E-state index is 9.16. The minimum absolute atomic E-state index is 0.167. The van der Waals surface area contributed by atoms with Crippen molar-refractivity contribution < 1.29 is 14.9 Å². The highest BCUT2D eigenvalue weighted by atomic mass is 16.5. The first-order chi connectivity index (χ1) is 11.1. The van der Waals surface area contributed by atoms with Gasteiger partial charge in [0.15, 0.2) is 0 Å². The molecule has 2 aromatic carbocycles. The van der Waals surface area contributed by atoms with Crippen LogP contribution in [0.1, 0.15) is 47.9 Å². The molecular formula is C20H26O3. The Morgan fingerprint density at radius 1 is 0.696 bits per heavy atom. The number of ether oxygens (including phenoxy) is 1. The highest BCUT2D eigenvalue weighted by Crippen LogP contribution is 2.17. The summed E-state index contributed by atoms with van der Waals surface area (Å²) in [6.45, 7) is 5.49. The summed E-state index contributed by atoms with van der Waals surface area (Å²) < 4.78 is 5.76. The van der Waals surface area contributed by atoms with Crippen LogP contribution in [-0.2, 0) is 18.0 Å². The van der Waals surface area contributed by atoms with Crippen LogP contribution in [0.25, 0.3) is 0 Å². The second-order valence-corrected chi connectivity index (χ2v) is 6.14. The van der Waals surface area contributed by atoms with Gasteiger partial charge in [-0.15, -0.1) is 0 Å². The summed E-state index contributed by atoms with van der Waals surface area (Å²) >= 11 is 0. The molecular weight excluding hydrogens is 288 g/mol. The number of aliphatic hydroxyl groups excluding tert-OH is 2. The lowest BCUT2D eigenvalue weighted by molar-refractivity contribution is 0.107. The van der Waals surface area contributed by atoms with Crippen LogP contribution in [0.4, 0.5) is 0 Å². The Labute approximate surface area is 138 Å². The minimum Gasteiger partial charge on any atom is -0.396 e. The molecule has 0 aliphatic heterocycles. The topological polar surface area (TPSA) is 49.7 Å². The fraction of sp³-hybridized carbons (Fsp3) is 0.400. The Balaban J connectivity index is 1.82. The van der Waals surface area contributed by atoms with Crippen LogP contribution in [0, 0.1) is 0 Å². The fourth-order valence-corrected chi connectivity index (χ4v) is 2.38. The van der Waals surface area contributed by atoms with Gasteiger partial charge in [-0.2, -0.15) is 0 Å². The number of rotatable bonds is 8. The molecule has 0 aliphatic carbocycles. The molecule has 0 bridgehead atoms. The lowest BCUT2D eigenvalue weighted by Gasteiger charge is -2.11. The molecule has 2 unspecified atom stereocenters. The van der Waals surface area contributed by atoms with Crippen molar-refractivity contribution >= 4 is 0 Å². The molecule has 2 rings (SSSR count). The Bertz CT molecular complexity index is 521. The summed E-state index contributed by atoms with van der Waals surface area (Å²) in [5.74, 6) is 0.342. The number of benzene rings is 2. The maximum absolute atomic E-state index is 9.16. The van der Waals surface area contributed by atoms with Crippen LogP contribution in [0.5, 0.6) is 0 Å². The predicted octanol–water partition coefficient (Wildman–Crippen LogP) is 3.60. The average molecular weight is 314 g/mol. The summed E-state index contributed by atoms with van der Waals surface area (Å²) in [6, 6.07) is 16.4. The van der Waals surface area contributed by atoms with Gasteiger partial charge >= 0.3 is 0 Å². The van der Waals surface area contributed by atoms with E-state index in [0.29, 0.717) is 13.2 Å². The molecule has 0 saturated carbocycles. The molecule has 124 valence electrons. The van der Waals surface area contributed by atoms with E-state index in [1.54, 1.807) is 0 Å². The third-order valence-corrected chi connectivity index (χ3v) is 4.18. The van der Waals surface area contributed by atoms with Crippen LogP contribution >= 0.6 is 0 Å². The fourth-order valence-electron chi connectivity index (χ4n) is 2.38. The summed E-state index contributed by atoms with van der Waals surface area (Å²) in [7, 11) is 0. The van der Waals surface area contributed by atoms with Gasteiger partial charge in [0.05, 0.1) is 13.2 Å². The smallest absolute Gasteiger partial charge is 0.0721 e. The SMILES string of the molecule is CC(CO)c1ccc(COCc2ccc(C(C)CO)cc2)cc1. The van der Waals surface area contributed by atoms with Crippen molar-refractivity contribution in [3.63, 3.8) is 0 Å². The molecule has 0 spiro atoms. The van der Waals surface area contributed by atoms with Gasteiger partial charge in [-0.25, -0.2) is 0 Å². The quantitative estimate of drug-likeness (QED) is 0.783. The molecule has 0 aromatic heterocycles. The van der Waals surface area contributed by atoms with E-state index < -0.39 is 0 Å². The van der Waals surface area contributed by atoms with E-state index in [1.807, 2.05) is 62.4 Å². The van der Waals surface area contributed by atoms with Crippen molar-refractivity contribution in [1.82, 2.24) is 0 Å². The van der Waals surface area contributed by atoms with Crippen molar-refractivity contribution in [2.45, 2.75) is 38.9 Å². The molecule has 2 aromatic rings. The van der Waals surface area contributed by atoms with Crippen LogP contribution in [0.3, 0.4) is 0 Å². The van der Waals surface area contributed by atoms with E-state index in [0.717, 1.165) is 22.3 Å². The van der Waals surface area contributed by atoms with Gasteiger partial charge in [0.2, 0.25) is 0 Å². The molecule has 0 fully saturated rings. The highest BCUT2D eigenvalue weighted by Gasteiger charge is 2.05. The first kappa shape index (κ1) is 17.7. The van der Waals surface area contributed by atoms with E-state index in [4.69, 9.17) is 14.9 Å². The molecule has 3 nitrogen and oxygen atoms in total. The van der Waals surface area contributed by atoms with Gasteiger partial charge in [-0.3, -0.25) is 0 Å². The second-order valence-electron chi connectivity index (χ2n) is 6.14. The van der Waals surface area contributed by atoms with Gasteiger partial charge < -0.3 is 14.9 Å². The monoisotopic (exact) mass is 314 g/mol.